The first-order valence-corrected chi connectivity index (χ1v) is 8.80. The second kappa shape index (κ2) is 7.01. The second-order valence-corrected chi connectivity index (χ2v) is 8.04. The topological polar surface area (TPSA) is 46.6 Å². The van der Waals surface area contributed by atoms with Crippen LogP contribution >= 0.6 is 0 Å². The number of nitrogens with zero attached hydrogens (tertiary/aromatic N) is 1. The van der Waals surface area contributed by atoms with E-state index in [4.69, 9.17) is 4.74 Å². The maximum atomic E-state index is 12.6. The van der Waals surface area contributed by atoms with Crippen molar-refractivity contribution in [2.45, 2.75) is 84.3 Å². The third-order valence-corrected chi connectivity index (χ3v) is 4.85. The number of Topliss-reactive ketones (excluding diaryl/α,β-unsaturated/α-hetero) is 1. The molecule has 0 aromatic carbocycles. The molecule has 0 aromatic rings. The summed E-state index contributed by atoms with van der Waals surface area (Å²) in [5.74, 6) is 0.930. The smallest absolute Gasteiger partial charge is 0.410 e. The maximum Gasteiger partial charge on any atom is 0.410 e. The SMILES string of the molecule is CC1CCC(=O)C(C2CCCCCN2C(=O)OC(C)(C)C)C1. The van der Waals surface area contributed by atoms with Crippen LogP contribution in [-0.2, 0) is 9.53 Å². The minimum absolute atomic E-state index is 0.00867. The van der Waals surface area contributed by atoms with Gasteiger partial charge in [0.2, 0.25) is 0 Å². The number of hydrogen-bond acceptors (Lipinski definition) is 3. The summed E-state index contributed by atoms with van der Waals surface area (Å²) in [6.07, 6.45) is 6.51. The lowest BCUT2D eigenvalue weighted by Crippen LogP contribution is -2.49. The maximum absolute atomic E-state index is 12.6. The van der Waals surface area contributed by atoms with Crippen LogP contribution in [0.15, 0.2) is 0 Å². The first kappa shape index (κ1) is 17.3. The molecule has 22 heavy (non-hydrogen) atoms. The Morgan fingerprint density at radius 3 is 2.59 bits per heavy atom. The standard InChI is InChI=1S/C18H31NO3/c1-13-9-10-16(20)14(12-13)15-8-6-5-7-11-19(15)17(21)22-18(2,3)4/h13-15H,5-12H2,1-4H3. The average Bonchev–Trinajstić information content (AvgIpc) is 2.65. The molecule has 1 saturated heterocycles. The van der Waals surface area contributed by atoms with E-state index < -0.39 is 5.60 Å². The van der Waals surface area contributed by atoms with Gasteiger partial charge in [-0.25, -0.2) is 4.79 Å². The highest BCUT2D eigenvalue weighted by atomic mass is 16.6. The van der Waals surface area contributed by atoms with E-state index in [0.29, 0.717) is 18.1 Å². The number of carbonyl (C=O) groups is 2. The number of likely N-dealkylation sites (tertiary alicyclic amines) is 1. The van der Waals surface area contributed by atoms with E-state index in [-0.39, 0.29) is 18.1 Å². The van der Waals surface area contributed by atoms with E-state index >= 15 is 0 Å². The van der Waals surface area contributed by atoms with Crippen molar-refractivity contribution in [3.05, 3.63) is 0 Å². The third kappa shape index (κ3) is 4.47. The molecule has 0 spiro atoms. The molecule has 0 bridgehead atoms. The Balaban J connectivity index is 2.16. The molecule has 1 heterocycles. The molecular formula is C18H31NO3. The van der Waals surface area contributed by atoms with Gasteiger partial charge in [0.15, 0.2) is 0 Å². The molecule has 1 amide bonds. The van der Waals surface area contributed by atoms with Crippen LogP contribution in [0.25, 0.3) is 0 Å². The summed E-state index contributed by atoms with van der Waals surface area (Å²) in [5.41, 5.74) is -0.488. The minimum Gasteiger partial charge on any atom is -0.444 e. The van der Waals surface area contributed by atoms with Gasteiger partial charge < -0.3 is 9.64 Å². The molecule has 0 N–H and O–H groups in total. The Kier molecular flexibility index (Phi) is 5.51. The number of rotatable bonds is 1. The number of amides is 1. The summed E-state index contributed by atoms with van der Waals surface area (Å²) in [6.45, 7) is 8.62. The van der Waals surface area contributed by atoms with Crippen LogP contribution in [-0.4, -0.2) is 35.0 Å². The summed E-state index contributed by atoms with van der Waals surface area (Å²) >= 11 is 0. The molecular weight excluding hydrogens is 278 g/mol. The molecule has 3 atom stereocenters. The summed E-state index contributed by atoms with van der Waals surface area (Å²) in [6, 6.07) is 0.0348. The lowest BCUT2D eigenvalue weighted by molar-refractivity contribution is -0.128. The van der Waals surface area contributed by atoms with Gasteiger partial charge in [-0.1, -0.05) is 19.8 Å². The molecule has 0 radical (unpaired) electrons. The van der Waals surface area contributed by atoms with Crippen molar-refractivity contribution in [1.29, 1.82) is 0 Å². The van der Waals surface area contributed by atoms with Gasteiger partial charge in [0.1, 0.15) is 11.4 Å². The predicted molar refractivity (Wildman–Crippen MR) is 86.7 cm³/mol. The molecule has 1 aliphatic carbocycles. The van der Waals surface area contributed by atoms with E-state index in [9.17, 15) is 9.59 Å². The van der Waals surface area contributed by atoms with Gasteiger partial charge in [-0.3, -0.25) is 4.79 Å². The molecule has 4 nitrogen and oxygen atoms in total. The lowest BCUT2D eigenvalue weighted by Gasteiger charge is -2.39. The first-order chi connectivity index (χ1) is 10.3. The average molecular weight is 309 g/mol. The zero-order valence-electron chi connectivity index (χ0n) is 14.6. The van der Waals surface area contributed by atoms with Gasteiger partial charge in [-0.2, -0.15) is 0 Å². The highest BCUT2D eigenvalue weighted by Gasteiger charge is 2.39. The van der Waals surface area contributed by atoms with Crippen molar-refractivity contribution in [2.24, 2.45) is 11.8 Å². The Labute approximate surface area is 134 Å². The molecule has 1 aliphatic heterocycles. The van der Waals surface area contributed by atoms with E-state index in [1.54, 1.807) is 0 Å². The highest BCUT2D eigenvalue weighted by molar-refractivity contribution is 5.83. The quantitative estimate of drug-likeness (QED) is 0.730. The van der Waals surface area contributed by atoms with Crippen LogP contribution in [0.4, 0.5) is 4.79 Å². The van der Waals surface area contributed by atoms with Crippen molar-refractivity contribution in [1.82, 2.24) is 4.90 Å². The fourth-order valence-electron chi connectivity index (χ4n) is 3.73. The van der Waals surface area contributed by atoms with E-state index in [1.807, 2.05) is 25.7 Å². The Bertz CT molecular complexity index is 413. The number of carbonyl (C=O) groups excluding carboxylic acids is 2. The second-order valence-electron chi connectivity index (χ2n) is 8.04. The highest BCUT2D eigenvalue weighted by Crippen LogP contribution is 2.34. The van der Waals surface area contributed by atoms with Crippen molar-refractivity contribution in [3.63, 3.8) is 0 Å². The largest absolute Gasteiger partial charge is 0.444 e. The van der Waals surface area contributed by atoms with Crippen LogP contribution < -0.4 is 0 Å². The number of ether oxygens (including phenoxy) is 1. The fourth-order valence-corrected chi connectivity index (χ4v) is 3.73. The van der Waals surface area contributed by atoms with Gasteiger partial charge in [0.05, 0.1) is 0 Å². The van der Waals surface area contributed by atoms with Gasteiger partial charge in [0, 0.05) is 24.9 Å². The summed E-state index contributed by atoms with van der Waals surface area (Å²) in [7, 11) is 0. The first-order valence-electron chi connectivity index (χ1n) is 8.80. The van der Waals surface area contributed by atoms with Crippen LogP contribution in [0.1, 0.15) is 72.6 Å². The molecule has 2 rings (SSSR count). The van der Waals surface area contributed by atoms with Crippen LogP contribution in [0.2, 0.25) is 0 Å². The van der Waals surface area contributed by atoms with Crippen LogP contribution in [0, 0.1) is 11.8 Å². The number of ketones is 1. The summed E-state index contributed by atoms with van der Waals surface area (Å²) in [4.78, 5) is 26.9. The molecule has 126 valence electrons. The molecule has 1 saturated carbocycles. The minimum atomic E-state index is -0.488. The van der Waals surface area contributed by atoms with Crippen LogP contribution in [0.3, 0.4) is 0 Å². The molecule has 3 unspecified atom stereocenters. The Morgan fingerprint density at radius 1 is 1.18 bits per heavy atom. The molecule has 4 heteroatoms. The molecule has 0 aromatic heterocycles. The number of hydrogen-bond donors (Lipinski definition) is 0. The lowest BCUT2D eigenvalue weighted by atomic mass is 9.76. The third-order valence-electron chi connectivity index (χ3n) is 4.85. The summed E-state index contributed by atoms with van der Waals surface area (Å²) < 4.78 is 5.59. The van der Waals surface area contributed by atoms with Crippen molar-refractivity contribution in [2.75, 3.05) is 6.54 Å². The van der Waals surface area contributed by atoms with Gasteiger partial charge in [-0.15, -0.1) is 0 Å². The summed E-state index contributed by atoms with van der Waals surface area (Å²) in [5, 5.41) is 0. The van der Waals surface area contributed by atoms with Crippen molar-refractivity contribution < 1.29 is 14.3 Å². The van der Waals surface area contributed by atoms with E-state index in [0.717, 1.165) is 45.1 Å². The monoisotopic (exact) mass is 309 g/mol. The fraction of sp³-hybridized carbons (Fsp3) is 0.889. The molecule has 2 aliphatic rings. The predicted octanol–water partition coefficient (Wildman–Crippen LogP) is 4.17. The van der Waals surface area contributed by atoms with Gasteiger partial charge >= 0.3 is 6.09 Å². The zero-order valence-corrected chi connectivity index (χ0v) is 14.6. The van der Waals surface area contributed by atoms with Crippen molar-refractivity contribution >= 4 is 11.9 Å². The van der Waals surface area contributed by atoms with Gasteiger partial charge in [0.25, 0.3) is 0 Å². The Morgan fingerprint density at radius 2 is 1.91 bits per heavy atom. The normalized spacial score (nSPS) is 30.8. The zero-order chi connectivity index (χ0) is 16.3. The Hall–Kier alpha value is -1.06. The van der Waals surface area contributed by atoms with E-state index in [2.05, 4.69) is 6.92 Å². The van der Waals surface area contributed by atoms with Gasteiger partial charge in [-0.05, 0) is 52.4 Å². The van der Waals surface area contributed by atoms with Crippen LogP contribution in [0.5, 0.6) is 0 Å². The van der Waals surface area contributed by atoms with E-state index in [1.165, 1.54) is 0 Å². The molecule has 2 fully saturated rings. The van der Waals surface area contributed by atoms with Crippen molar-refractivity contribution in [3.8, 4) is 0 Å².